The van der Waals surface area contributed by atoms with Crippen LogP contribution in [0, 0.1) is 5.92 Å². The Bertz CT molecular complexity index is 773. The summed E-state index contributed by atoms with van der Waals surface area (Å²) in [6.07, 6.45) is 2.95. The minimum absolute atomic E-state index is 0.0138. The molecule has 1 aromatic carbocycles. The van der Waals surface area contributed by atoms with Crippen molar-refractivity contribution in [3.05, 3.63) is 28.2 Å². The zero-order valence-corrected chi connectivity index (χ0v) is 19.4. The lowest BCUT2D eigenvalue weighted by atomic mass is 9.84. The number of alkyl carbamates (subject to hydrolysis) is 1. The first-order valence-corrected chi connectivity index (χ1v) is 11.4. The predicted octanol–water partition coefficient (Wildman–Crippen LogP) is 4.73. The number of hydrogen-bond donors (Lipinski definition) is 1. The monoisotopic (exact) mass is 455 g/mol. The van der Waals surface area contributed by atoms with E-state index in [0.29, 0.717) is 29.6 Å². The third kappa shape index (κ3) is 6.17. The summed E-state index contributed by atoms with van der Waals surface area (Å²) in [4.78, 5) is 29.3. The zero-order chi connectivity index (χ0) is 21.9. The fourth-order valence-corrected chi connectivity index (χ4v) is 4.44. The molecule has 1 aliphatic heterocycles. The number of carbonyl (C=O) groups is 2. The van der Waals surface area contributed by atoms with E-state index in [1.54, 1.807) is 6.07 Å². The summed E-state index contributed by atoms with van der Waals surface area (Å²) in [7, 11) is 0. The first-order valence-electron chi connectivity index (χ1n) is 10.6. The molecule has 1 aromatic rings. The maximum absolute atomic E-state index is 13.1. The number of hydrogen-bond acceptors (Lipinski definition) is 4. The van der Waals surface area contributed by atoms with Gasteiger partial charge in [-0.2, -0.15) is 0 Å². The molecule has 0 radical (unpaired) electrons. The van der Waals surface area contributed by atoms with E-state index in [9.17, 15) is 9.59 Å². The molecule has 1 saturated carbocycles. The molecule has 6 nitrogen and oxygen atoms in total. The molecular weight excluding hydrogens is 425 g/mol. The Labute approximate surface area is 188 Å². The Morgan fingerprint density at radius 1 is 1.07 bits per heavy atom. The van der Waals surface area contributed by atoms with Gasteiger partial charge in [-0.15, -0.1) is 0 Å². The molecule has 1 N–H and O–H groups in total. The molecule has 0 spiro atoms. The lowest BCUT2D eigenvalue weighted by molar-refractivity contribution is -0.137. The van der Waals surface area contributed by atoms with Crippen molar-refractivity contribution >= 4 is 40.9 Å². The van der Waals surface area contributed by atoms with Gasteiger partial charge in [0.15, 0.2) is 0 Å². The number of ether oxygens (including phenoxy) is 1. The molecule has 2 atom stereocenters. The standard InChI is InChI=1S/C22H31Cl2N3O3/c1-22(2,3)30-21(29)25-16-6-4-5-15(13-16)20(28)27-11-9-26(10-12-27)17-7-8-18(23)19(24)14-17/h7-8,14-16H,4-6,9-13H2,1-3H3,(H,25,29). The number of rotatable bonds is 3. The van der Waals surface area contributed by atoms with E-state index in [4.69, 9.17) is 27.9 Å². The molecular formula is C22H31Cl2N3O3. The first kappa shape index (κ1) is 23.0. The number of piperazine rings is 1. The number of halogens is 2. The van der Waals surface area contributed by atoms with Gasteiger partial charge >= 0.3 is 6.09 Å². The normalized spacial score (nSPS) is 22.6. The van der Waals surface area contributed by atoms with Crippen molar-refractivity contribution in [2.24, 2.45) is 5.92 Å². The smallest absolute Gasteiger partial charge is 0.407 e. The van der Waals surface area contributed by atoms with Crippen molar-refractivity contribution in [3.8, 4) is 0 Å². The van der Waals surface area contributed by atoms with E-state index in [1.165, 1.54) is 0 Å². The second kappa shape index (κ2) is 9.65. The van der Waals surface area contributed by atoms with Crippen LogP contribution in [0.4, 0.5) is 10.5 Å². The zero-order valence-electron chi connectivity index (χ0n) is 17.9. The predicted molar refractivity (Wildman–Crippen MR) is 120 cm³/mol. The molecule has 1 saturated heterocycles. The lowest BCUT2D eigenvalue weighted by Gasteiger charge is -2.39. The molecule has 2 fully saturated rings. The summed E-state index contributed by atoms with van der Waals surface area (Å²) in [5, 5.41) is 4.02. The first-order chi connectivity index (χ1) is 14.1. The van der Waals surface area contributed by atoms with Gasteiger partial charge in [-0.3, -0.25) is 4.79 Å². The lowest BCUT2D eigenvalue weighted by Crippen LogP contribution is -2.52. The summed E-state index contributed by atoms with van der Waals surface area (Å²) in [5.74, 6) is 0.148. The molecule has 1 heterocycles. The van der Waals surface area contributed by atoms with Gasteiger partial charge in [-0.1, -0.05) is 29.6 Å². The minimum atomic E-state index is -0.526. The van der Waals surface area contributed by atoms with Crippen LogP contribution in [0.1, 0.15) is 46.5 Å². The van der Waals surface area contributed by atoms with Gasteiger partial charge in [0.25, 0.3) is 0 Å². The second-order valence-electron chi connectivity index (χ2n) is 9.12. The highest BCUT2D eigenvalue weighted by Crippen LogP contribution is 2.29. The highest BCUT2D eigenvalue weighted by molar-refractivity contribution is 6.42. The highest BCUT2D eigenvalue weighted by atomic mass is 35.5. The Hall–Kier alpha value is -1.66. The number of anilines is 1. The Morgan fingerprint density at radius 2 is 1.77 bits per heavy atom. The molecule has 8 heteroatoms. The maximum Gasteiger partial charge on any atom is 0.407 e. The maximum atomic E-state index is 13.1. The molecule has 2 amide bonds. The number of carbonyl (C=O) groups excluding carboxylic acids is 2. The third-order valence-corrected chi connectivity index (χ3v) is 6.34. The number of nitrogens with zero attached hydrogens (tertiary/aromatic N) is 2. The van der Waals surface area contributed by atoms with Gasteiger partial charge in [0.2, 0.25) is 5.91 Å². The topological polar surface area (TPSA) is 61.9 Å². The van der Waals surface area contributed by atoms with Crippen molar-refractivity contribution in [1.29, 1.82) is 0 Å². The van der Waals surface area contributed by atoms with Gasteiger partial charge in [0.05, 0.1) is 10.0 Å². The number of nitrogens with one attached hydrogen (secondary N) is 1. The van der Waals surface area contributed by atoms with E-state index >= 15 is 0 Å². The largest absolute Gasteiger partial charge is 0.444 e. The van der Waals surface area contributed by atoms with Crippen molar-refractivity contribution < 1.29 is 14.3 Å². The van der Waals surface area contributed by atoms with Gasteiger partial charge in [-0.05, 0) is 58.2 Å². The van der Waals surface area contributed by atoms with E-state index in [1.807, 2.05) is 37.8 Å². The van der Waals surface area contributed by atoms with Gasteiger partial charge in [0, 0.05) is 43.8 Å². The van der Waals surface area contributed by atoms with Gasteiger partial charge in [-0.25, -0.2) is 4.79 Å². The molecule has 0 aromatic heterocycles. The fourth-order valence-electron chi connectivity index (χ4n) is 4.14. The molecule has 166 valence electrons. The summed E-state index contributed by atoms with van der Waals surface area (Å²) >= 11 is 12.1. The number of benzene rings is 1. The average molecular weight is 456 g/mol. The fraction of sp³-hybridized carbons (Fsp3) is 0.636. The van der Waals surface area contributed by atoms with Crippen LogP contribution in [-0.4, -0.2) is 54.7 Å². The van der Waals surface area contributed by atoms with Crippen molar-refractivity contribution in [3.63, 3.8) is 0 Å². The van der Waals surface area contributed by atoms with Gasteiger partial charge < -0.3 is 19.9 Å². The summed E-state index contributed by atoms with van der Waals surface area (Å²) in [6, 6.07) is 5.62. The van der Waals surface area contributed by atoms with E-state index < -0.39 is 11.7 Å². The molecule has 3 rings (SSSR count). The second-order valence-corrected chi connectivity index (χ2v) is 9.93. The van der Waals surface area contributed by atoms with Crippen LogP contribution in [0.2, 0.25) is 10.0 Å². The van der Waals surface area contributed by atoms with Crippen LogP contribution < -0.4 is 10.2 Å². The van der Waals surface area contributed by atoms with Crippen LogP contribution in [0.3, 0.4) is 0 Å². The Balaban J connectivity index is 1.50. The quantitative estimate of drug-likeness (QED) is 0.715. The van der Waals surface area contributed by atoms with Crippen LogP contribution in [-0.2, 0) is 9.53 Å². The summed E-state index contributed by atoms with van der Waals surface area (Å²) in [5.41, 5.74) is 0.498. The van der Waals surface area contributed by atoms with Crippen molar-refractivity contribution in [1.82, 2.24) is 10.2 Å². The Kier molecular flexibility index (Phi) is 7.40. The molecule has 2 aliphatic rings. The minimum Gasteiger partial charge on any atom is -0.444 e. The molecule has 30 heavy (non-hydrogen) atoms. The average Bonchev–Trinajstić information content (AvgIpc) is 2.68. The Morgan fingerprint density at radius 3 is 2.40 bits per heavy atom. The SMILES string of the molecule is CC(C)(C)OC(=O)NC1CCCC(C(=O)N2CCN(c3ccc(Cl)c(Cl)c3)CC2)C1. The van der Waals surface area contributed by atoms with Crippen LogP contribution >= 0.6 is 23.2 Å². The summed E-state index contributed by atoms with van der Waals surface area (Å²) in [6.45, 7) is 8.41. The molecule has 2 unspecified atom stereocenters. The van der Waals surface area contributed by atoms with Gasteiger partial charge in [0.1, 0.15) is 5.60 Å². The number of amides is 2. The van der Waals surface area contributed by atoms with E-state index in [-0.39, 0.29) is 17.9 Å². The van der Waals surface area contributed by atoms with Crippen LogP contribution in [0.15, 0.2) is 18.2 Å². The van der Waals surface area contributed by atoms with Crippen molar-refractivity contribution in [2.75, 3.05) is 31.1 Å². The van der Waals surface area contributed by atoms with E-state index in [2.05, 4.69) is 10.2 Å². The summed E-state index contributed by atoms with van der Waals surface area (Å²) < 4.78 is 5.35. The van der Waals surface area contributed by atoms with E-state index in [0.717, 1.165) is 38.0 Å². The van der Waals surface area contributed by atoms with Crippen molar-refractivity contribution in [2.45, 2.75) is 58.1 Å². The molecule has 1 aliphatic carbocycles. The third-order valence-electron chi connectivity index (χ3n) is 5.60. The van der Waals surface area contributed by atoms with Crippen LogP contribution in [0.5, 0.6) is 0 Å². The highest BCUT2D eigenvalue weighted by Gasteiger charge is 2.33. The van der Waals surface area contributed by atoms with Crippen LogP contribution in [0.25, 0.3) is 0 Å². The molecule has 0 bridgehead atoms.